The van der Waals surface area contributed by atoms with Crippen LogP contribution in [0, 0.1) is 13.8 Å². The molecule has 1 aliphatic heterocycles. The average Bonchev–Trinajstić information content (AvgIpc) is 2.78. The monoisotopic (exact) mass is 294 g/mol. The smallest absolute Gasteiger partial charge is 0.230 e. The van der Waals surface area contributed by atoms with E-state index in [-0.39, 0.29) is 23.9 Å². The van der Waals surface area contributed by atoms with Crippen molar-refractivity contribution in [3.8, 4) is 0 Å². The summed E-state index contributed by atoms with van der Waals surface area (Å²) in [5.74, 6) is 0.678. The number of hydrogen-bond donors (Lipinski definition) is 0. The Kier molecular flexibility index (Phi) is 5.04. The molecule has 0 unspecified atom stereocenters. The summed E-state index contributed by atoms with van der Waals surface area (Å²) in [5.41, 5.74) is 1.74. The maximum Gasteiger partial charge on any atom is 0.230 e. The fourth-order valence-electron chi connectivity index (χ4n) is 3.27. The largest absolute Gasteiger partial charge is 0.381 e. The van der Waals surface area contributed by atoms with Gasteiger partial charge in [-0.15, -0.1) is 0 Å². The van der Waals surface area contributed by atoms with Crippen LogP contribution < -0.4 is 0 Å². The molecule has 21 heavy (non-hydrogen) atoms. The first-order valence-corrected chi connectivity index (χ1v) is 7.76. The SMILES string of the molecule is Cc1noc(C)c1[C@@H](C)C(=O)N(C(C)C)C1CCOCC1. The Morgan fingerprint density at radius 3 is 2.33 bits per heavy atom. The summed E-state index contributed by atoms with van der Waals surface area (Å²) in [7, 11) is 0. The molecule has 2 rings (SSSR count). The summed E-state index contributed by atoms with van der Waals surface area (Å²) in [5, 5.41) is 3.97. The van der Waals surface area contributed by atoms with E-state index in [4.69, 9.17) is 9.26 Å². The molecule has 2 heterocycles. The lowest BCUT2D eigenvalue weighted by Crippen LogP contribution is -2.48. The molecule has 0 spiro atoms. The van der Waals surface area contributed by atoms with Crippen molar-refractivity contribution in [1.82, 2.24) is 10.1 Å². The summed E-state index contributed by atoms with van der Waals surface area (Å²) in [4.78, 5) is 15.0. The number of hydrogen-bond acceptors (Lipinski definition) is 4. The number of amides is 1. The Hall–Kier alpha value is -1.36. The topological polar surface area (TPSA) is 55.6 Å². The minimum atomic E-state index is -0.221. The lowest BCUT2D eigenvalue weighted by Gasteiger charge is -2.38. The van der Waals surface area contributed by atoms with Gasteiger partial charge in [0, 0.05) is 30.9 Å². The molecule has 0 aromatic carbocycles. The van der Waals surface area contributed by atoms with Crippen molar-refractivity contribution in [2.75, 3.05) is 13.2 Å². The molecule has 118 valence electrons. The van der Waals surface area contributed by atoms with Gasteiger partial charge >= 0.3 is 0 Å². The lowest BCUT2D eigenvalue weighted by atomic mass is 9.95. The van der Waals surface area contributed by atoms with Gasteiger partial charge < -0.3 is 14.2 Å². The summed E-state index contributed by atoms with van der Waals surface area (Å²) in [6, 6.07) is 0.456. The molecular formula is C16H26N2O3. The van der Waals surface area contributed by atoms with E-state index < -0.39 is 0 Å². The van der Waals surface area contributed by atoms with Crippen molar-refractivity contribution < 1.29 is 14.1 Å². The van der Waals surface area contributed by atoms with Gasteiger partial charge in [-0.2, -0.15) is 0 Å². The Morgan fingerprint density at radius 1 is 1.24 bits per heavy atom. The molecular weight excluding hydrogens is 268 g/mol. The second-order valence-electron chi connectivity index (χ2n) is 6.14. The van der Waals surface area contributed by atoms with E-state index in [1.165, 1.54) is 0 Å². The quantitative estimate of drug-likeness (QED) is 0.857. The first kappa shape index (κ1) is 16.0. The molecule has 1 aliphatic rings. The van der Waals surface area contributed by atoms with E-state index >= 15 is 0 Å². The van der Waals surface area contributed by atoms with Crippen molar-refractivity contribution in [1.29, 1.82) is 0 Å². The van der Waals surface area contributed by atoms with Crippen LogP contribution in [-0.4, -0.2) is 41.3 Å². The van der Waals surface area contributed by atoms with Crippen LogP contribution in [0.4, 0.5) is 0 Å². The predicted octanol–water partition coefficient (Wildman–Crippen LogP) is 2.81. The van der Waals surface area contributed by atoms with Crippen LogP contribution in [0.15, 0.2) is 4.52 Å². The molecule has 0 N–H and O–H groups in total. The fraction of sp³-hybridized carbons (Fsp3) is 0.750. The van der Waals surface area contributed by atoms with Crippen molar-refractivity contribution in [2.45, 2.75) is 65.5 Å². The van der Waals surface area contributed by atoms with Gasteiger partial charge in [0.2, 0.25) is 5.91 Å². The van der Waals surface area contributed by atoms with Crippen LogP contribution in [0.3, 0.4) is 0 Å². The van der Waals surface area contributed by atoms with E-state index in [9.17, 15) is 4.79 Å². The van der Waals surface area contributed by atoms with Gasteiger partial charge in [-0.1, -0.05) is 5.16 Å². The minimum absolute atomic E-state index is 0.159. The number of carbonyl (C=O) groups excluding carboxylic acids is 1. The van der Waals surface area contributed by atoms with Crippen LogP contribution in [0.2, 0.25) is 0 Å². The van der Waals surface area contributed by atoms with Gasteiger partial charge in [0.25, 0.3) is 0 Å². The van der Waals surface area contributed by atoms with Crippen LogP contribution >= 0.6 is 0 Å². The standard InChI is InChI=1S/C16H26N2O3/c1-10(2)18(14-6-8-20-9-7-14)16(19)11(3)15-12(4)17-21-13(15)5/h10-11,14H,6-9H2,1-5H3/t11-/m1/s1. The third kappa shape index (κ3) is 3.28. The maximum atomic E-state index is 13.0. The van der Waals surface area contributed by atoms with Crippen LogP contribution in [0.25, 0.3) is 0 Å². The van der Waals surface area contributed by atoms with Gasteiger partial charge in [0.15, 0.2) is 0 Å². The Labute approximate surface area is 126 Å². The normalized spacial score (nSPS) is 18.0. The Balaban J connectivity index is 2.22. The van der Waals surface area contributed by atoms with Gasteiger partial charge in [-0.25, -0.2) is 0 Å². The molecule has 1 saturated heterocycles. The number of carbonyl (C=O) groups is 1. The first-order chi connectivity index (χ1) is 9.93. The second-order valence-corrected chi connectivity index (χ2v) is 6.14. The molecule has 0 radical (unpaired) electrons. The van der Waals surface area contributed by atoms with Crippen molar-refractivity contribution in [3.63, 3.8) is 0 Å². The zero-order valence-electron chi connectivity index (χ0n) is 13.7. The molecule has 5 heteroatoms. The molecule has 1 fully saturated rings. The predicted molar refractivity (Wildman–Crippen MR) is 80.2 cm³/mol. The van der Waals surface area contributed by atoms with Crippen LogP contribution in [0.1, 0.15) is 56.5 Å². The minimum Gasteiger partial charge on any atom is -0.381 e. The maximum absolute atomic E-state index is 13.0. The number of aromatic nitrogens is 1. The molecule has 0 bridgehead atoms. The molecule has 1 aromatic rings. The van der Waals surface area contributed by atoms with Crippen molar-refractivity contribution in [3.05, 3.63) is 17.0 Å². The van der Waals surface area contributed by atoms with E-state index in [0.29, 0.717) is 0 Å². The average molecular weight is 294 g/mol. The Bertz CT molecular complexity index is 470. The second kappa shape index (κ2) is 6.60. The van der Waals surface area contributed by atoms with Gasteiger partial charge in [0.1, 0.15) is 5.76 Å². The van der Waals surface area contributed by atoms with Crippen LogP contribution in [0.5, 0.6) is 0 Å². The third-order valence-corrected chi connectivity index (χ3v) is 4.29. The Morgan fingerprint density at radius 2 is 1.86 bits per heavy atom. The number of nitrogens with zero attached hydrogens (tertiary/aromatic N) is 2. The molecule has 1 atom stereocenters. The molecule has 5 nitrogen and oxygen atoms in total. The fourth-order valence-corrected chi connectivity index (χ4v) is 3.27. The molecule has 0 aliphatic carbocycles. The zero-order chi connectivity index (χ0) is 15.6. The van der Waals surface area contributed by atoms with Gasteiger partial charge in [0.05, 0.1) is 11.6 Å². The van der Waals surface area contributed by atoms with E-state index in [1.807, 2.05) is 25.7 Å². The highest BCUT2D eigenvalue weighted by molar-refractivity contribution is 5.84. The summed E-state index contributed by atoms with van der Waals surface area (Å²) >= 11 is 0. The zero-order valence-corrected chi connectivity index (χ0v) is 13.7. The number of aryl methyl sites for hydroxylation is 2. The highest BCUT2D eigenvalue weighted by Gasteiger charge is 2.33. The van der Waals surface area contributed by atoms with E-state index in [2.05, 4.69) is 19.0 Å². The molecule has 1 aromatic heterocycles. The van der Waals surface area contributed by atoms with E-state index in [1.54, 1.807) is 0 Å². The van der Waals surface area contributed by atoms with Gasteiger partial charge in [-0.05, 0) is 47.5 Å². The van der Waals surface area contributed by atoms with E-state index in [0.717, 1.165) is 43.1 Å². The highest BCUT2D eigenvalue weighted by Crippen LogP contribution is 2.28. The van der Waals surface area contributed by atoms with Gasteiger partial charge in [-0.3, -0.25) is 4.79 Å². The molecule has 0 saturated carbocycles. The number of rotatable bonds is 4. The summed E-state index contributed by atoms with van der Waals surface area (Å²) < 4.78 is 10.6. The van der Waals surface area contributed by atoms with Crippen molar-refractivity contribution in [2.24, 2.45) is 0 Å². The summed E-state index contributed by atoms with van der Waals surface area (Å²) in [6.07, 6.45) is 1.83. The summed E-state index contributed by atoms with van der Waals surface area (Å²) in [6.45, 7) is 11.3. The number of ether oxygens (including phenoxy) is 1. The van der Waals surface area contributed by atoms with Crippen LogP contribution in [-0.2, 0) is 9.53 Å². The lowest BCUT2D eigenvalue weighted by molar-refractivity contribution is -0.139. The molecule has 1 amide bonds. The third-order valence-electron chi connectivity index (χ3n) is 4.29. The first-order valence-electron chi connectivity index (χ1n) is 7.76. The van der Waals surface area contributed by atoms with Crippen molar-refractivity contribution >= 4 is 5.91 Å². The highest BCUT2D eigenvalue weighted by atomic mass is 16.5.